The topological polar surface area (TPSA) is 100 Å². The first-order chi connectivity index (χ1) is 17.3. The quantitative estimate of drug-likeness (QED) is 0.434. The summed E-state index contributed by atoms with van der Waals surface area (Å²) in [5.74, 6) is -0.375. The zero-order valence-corrected chi connectivity index (χ0v) is 21.7. The van der Waals surface area contributed by atoms with Gasteiger partial charge in [-0.3, -0.25) is 10.1 Å². The first kappa shape index (κ1) is 26.2. The van der Waals surface area contributed by atoms with Gasteiger partial charge in [0.1, 0.15) is 0 Å². The van der Waals surface area contributed by atoms with Gasteiger partial charge in [0.25, 0.3) is 0 Å². The second-order valence-corrected chi connectivity index (χ2v) is 10.8. The summed E-state index contributed by atoms with van der Waals surface area (Å²) in [5.41, 5.74) is 3.31. The molecule has 0 atom stereocenters. The minimum atomic E-state index is -3.56. The Morgan fingerprint density at radius 2 is 1.50 bits per heavy atom. The molecular formula is C25H30N4O5S2. The lowest BCUT2D eigenvalue weighted by Gasteiger charge is -2.28. The van der Waals surface area contributed by atoms with Gasteiger partial charge in [-0.05, 0) is 66.7 Å². The van der Waals surface area contributed by atoms with Crippen LogP contribution in [0.5, 0.6) is 0 Å². The summed E-state index contributed by atoms with van der Waals surface area (Å²) in [6.45, 7) is 6.42. The number of hydrogen-bond donors (Lipinski definition) is 2. The maximum absolute atomic E-state index is 12.8. The predicted molar refractivity (Wildman–Crippen MR) is 144 cm³/mol. The second-order valence-electron chi connectivity index (χ2n) is 8.46. The molecular weight excluding hydrogens is 500 g/mol. The number of allylic oxidation sites excluding steroid dienone is 1. The van der Waals surface area contributed by atoms with Gasteiger partial charge in [-0.1, -0.05) is 12.1 Å². The standard InChI is InChI=1S/C25H30N4O5S2/c1-19(20-2-8-23(9-3-20)36(31,32)29-12-16-34-17-13-29)18-24(30)27-25(35)26-21-4-6-22(7-5-21)28-10-14-33-15-11-28/h2-9,18H,10-17H2,1H3,(H2,26,27,30,35)/b19-18+. The number of hydrogen-bond acceptors (Lipinski definition) is 7. The number of nitrogens with zero attached hydrogens (tertiary/aromatic N) is 2. The summed E-state index contributed by atoms with van der Waals surface area (Å²) in [4.78, 5) is 14.9. The molecule has 2 N–H and O–H groups in total. The Hall–Kier alpha value is -2.83. The molecule has 11 heteroatoms. The van der Waals surface area contributed by atoms with Gasteiger partial charge >= 0.3 is 0 Å². The number of thiocarbonyl (C=S) groups is 1. The smallest absolute Gasteiger partial charge is 0.250 e. The van der Waals surface area contributed by atoms with Gasteiger partial charge in [0.2, 0.25) is 15.9 Å². The highest BCUT2D eigenvalue weighted by molar-refractivity contribution is 7.89. The Morgan fingerprint density at radius 3 is 2.11 bits per heavy atom. The van der Waals surface area contributed by atoms with E-state index < -0.39 is 10.0 Å². The number of carbonyl (C=O) groups is 1. The van der Waals surface area contributed by atoms with Gasteiger partial charge in [-0.15, -0.1) is 0 Å². The maximum Gasteiger partial charge on any atom is 0.250 e. The molecule has 1 amide bonds. The van der Waals surface area contributed by atoms with Gasteiger partial charge < -0.3 is 19.7 Å². The Morgan fingerprint density at radius 1 is 0.917 bits per heavy atom. The van der Waals surface area contributed by atoms with E-state index in [4.69, 9.17) is 21.7 Å². The highest BCUT2D eigenvalue weighted by atomic mass is 32.2. The highest BCUT2D eigenvalue weighted by Crippen LogP contribution is 2.21. The Kier molecular flexibility index (Phi) is 8.70. The molecule has 2 fully saturated rings. The lowest BCUT2D eigenvalue weighted by molar-refractivity contribution is -0.115. The fourth-order valence-electron chi connectivity index (χ4n) is 3.99. The molecule has 2 saturated heterocycles. The van der Waals surface area contributed by atoms with Crippen LogP contribution in [-0.2, 0) is 24.3 Å². The van der Waals surface area contributed by atoms with Crippen LogP contribution in [0.25, 0.3) is 5.57 Å². The molecule has 0 saturated carbocycles. The summed E-state index contributed by atoms with van der Waals surface area (Å²) in [5, 5.41) is 5.86. The van der Waals surface area contributed by atoms with Gasteiger partial charge in [0.05, 0.1) is 31.3 Å². The number of benzene rings is 2. The number of sulfonamides is 1. The first-order valence-electron chi connectivity index (χ1n) is 11.7. The molecule has 0 bridgehead atoms. The van der Waals surface area contributed by atoms with Crippen molar-refractivity contribution in [1.82, 2.24) is 9.62 Å². The van der Waals surface area contributed by atoms with Crippen molar-refractivity contribution in [3.05, 3.63) is 60.2 Å². The van der Waals surface area contributed by atoms with Crippen molar-refractivity contribution in [2.45, 2.75) is 11.8 Å². The third-order valence-corrected chi connectivity index (χ3v) is 8.12. The number of carbonyl (C=O) groups excluding carboxylic acids is 1. The minimum absolute atomic E-state index is 0.190. The molecule has 0 radical (unpaired) electrons. The van der Waals surface area contributed by atoms with E-state index in [0.29, 0.717) is 31.9 Å². The molecule has 36 heavy (non-hydrogen) atoms. The zero-order chi connectivity index (χ0) is 25.5. The summed E-state index contributed by atoms with van der Waals surface area (Å²) in [7, 11) is -3.56. The van der Waals surface area contributed by atoms with Crippen LogP contribution in [-0.4, -0.2) is 76.3 Å². The molecule has 2 aliphatic rings. The van der Waals surface area contributed by atoms with Crippen LogP contribution in [0.2, 0.25) is 0 Å². The predicted octanol–water partition coefficient (Wildman–Crippen LogP) is 2.46. The number of morpholine rings is 2. The molecule has 0 aliphatic carbocycles. The molecule has 2 aliphatic heterocycles. The van der Waals surface area contributed by atoms with E-state index in [1.807, 2.05) is 24.3 Å². The van der Waals surface area contributed by atoms with Crippen molar-refractivity contribution in [2.75, 3.05) is 62.8 Å². The molecule has 0 aromatic heterocycles. The SMILES string of the molecule is C/C(=C\C(=O)NC(=S)Nc1ccc(N2CCOCC2)cc1)c1ccc(S(=O)(=O)N2CCOCC2)cc1. The van der Waals surface area contributed by atoms with E-state index in [-0.39, 0.29) is 15.9 Å². The molecule has 2 aromatic carbocycles. The third-order valence-electron chi connectivity index (χ3n) is 6.00. The molecule has 0 unspecified atom stereocenters. The van der Waals surface area contributed by atoms with Crippen molar-refractivity contribution in [2.24, 2.45) is 0 Å². The highest BCUT2D eigenvalue weighted by Gasteiger charge is 2.26. The second kappa shape index (κ2) is 11.9. The Bertz CT molecular complexity index is 1200. The van der Waals surface area contributed by atoms with Crippen molar-refractivity contribution < 1.29 is 22.7 Å². The lowest BCUT2D eigenvalue weighted by Crippen LogP contribution is -2.40. The van der Waals surface area contributed by atoms with Crippen molar-refractivity contribution in [3.63, 3.8) is 0 Å². The normalized spacial score (nSPS) is 17.5. The summed E-state index contributed by atoms with van der Waals surface area (Å²) in [6, 6.07) is 14.3. The molecule has 2 aromatic rings. The van der Waals surface area contributed by atoms with E-state index in [1.54, 1.807) is 31.2 Å². The van der Waals surface area contributed by atoms with E-state index in [1.165, 1.54) is 10.4 Å². The van der Waals surface area contributed by atoms with Crippen molar-refractivity contribution in [3.8, 4) is 0 Å². The monoisotopic (exact) mass is 530 g/mol. The van der Waals surface area contributed by atoms with Crippen LogP contribution in [0.1, 0.15) is 12.5 Å². The van der Waals surface area contributed by atoms with Crippen LogP contribution in [0.4, 0.5) is 11.4 Å². The number of amides is 1. The van der Waals surface area contributed by atoms with Gasteiger partial charge in [0.15, 0.2) is 5.11 Å². The Labute approximate surface area is 217 Å². The van der Waals surface area contributed by atoms with E-state index in [9.17, 15) is 13.2 Å². The maximum atomic E-state index is 12.8. The molecule has 9 nitrogen and oxygen atoms in total. The number of rotatable bonds is 6. The number of nitrogens with one attached hydrogen (secondary N) is 2. The number of anilines is 2. The van der Waals surface area contributed by atoms with Crippen LogP contribution < -0.4 is 15.5 Å². The number of ether oxygens (including phenoxy) is 2. The third kappa shape index (κ3) is 6.68. The van der Waals surface area contributed by atoms with Crippen LogP contribution in [0, 0.1) is 0 Å². The lowest BCUT2D eigenvalue weighted by atomic mass is 10.1. The summed E-state index contributed by atoms with van der Waals surface area (Å²) >= 11 is 5.28. The molecule has 0 spiro atoms. The van der Waals surface area contributed by atoms with E-state index in [0.717, 1.165) is 43.2 Å². The van der Waals surface area contributed by atoms with Gasteiger partial charge in [0, 0.05) is 43.6 Å². The van der Waals surface area contributed by atoms with Gasteiger partial charge in [-0.25, -0.2) is 8.42 Å². The zero-order valence-electron chi connectivity index (χ0n) is 20.1. The minimum Gasteiger partial charge on any atom is -0.379 e. The fourth-order valence-corrected chi connectivity index (χ4v) is 5.62. The van der Waals surface area contributed by atoms with Crippen molar-refractivity contribution >= 4 is 50.2 Å². The van der Waals surface area contributed by atoms with E-state index >= 15 is 0 Å². The average molecular weight is 531 g/mol. The molecule has 192 valence electrons. The van der Waals surface area contributed by atoms with E-state index in [2.05, 4.69) is 15.5 Å². The largest absolute Gasteiger partial charge is 0.379 e. The fraction of sp³-hybridized carbons (Fsp3) is 0.360. The van der Waals surface area contributed by atoms with Crippen LogP contribution >= 0.6 is 12.2 Å². The summed E-state index contributed by atoms with van der Waals surface area (Å²) < 4.78 is 37.6. The molecule has 4 rings (SSSR count). The summed E-state index contributed by atoms with van der Waals surface area (Å²) in [6.07, 6.45) is 1.43. The van der Waals surface area contributed by atoms with Crippen LogP contribution in [0.15, 0.2) is 59.5 Å². The van der Waals surface area contributed by atoms with Crippen LogP contribution in [0.3, 0.4) is 0 Å². The average Bonchev–Trinajstić information content (AvgIpc) is 2.90. The van der Waals surface area contributed by atoms with Gasteiger partial charge in [-0.2, -0.15) is 4.31 Å². The first-order valence-corrected chi connectivity index (χ1v) is 13.6. The Balaban J connectivity index is 1.31. The molecule has 2 heterocycles. The van der Waals surface area contributed by atoms with Crippen molar-refractivity contribution in [1.29, 1.82) is 0 Å².